The molecule has 0 bridgehead atoms. The number of nitrogen functional groups attached to an aromatic ring is 1. The molecule has 0 amide bonds. The van der Waals surface area contributed by atoms with Gasteiger partial charge in [-0.2, -0.15) is 0 Å². The summed E-state index contributed by atoms with van der Waals surface area (Å²) in [6.07, 6.45) is 1.70. The minimum Gasteiger partial charge on any atom is -0.396 e. The molecule has 1 aromatic heterocycles. The van der Waals surface area contributed by atoms with Crippen LogP contribution in [0.25, 0.3) is 0 Å². The van der Waals surface area contributed by atoms with Crippen molar-refractivity contribution in [1.29, 1.82) is 0 Å². The predicted molar refractivity (Wildman–Crippen MR) is 61.3 cm³/mol. The summed E-state index contributed by atoms with van der Waals surface area (Å²) < 4.78 is 0.860. The topological polar surface area (TPSA) is 62.4 Å². The van der Waals surface area contributed by atoms with Gasteiger partial charge < -0.3 is 15.7 Å². The molecule has 0 fully saturated rings. The first-order chi connectivity index (χ1) is 6.69. The fourth-order valence-electron chi connectivity index (χ4n) is 1.25. The first-order valence-electron chi connectivity index (χ1n) is 4.45. The van der Waals surface area contributed by atoms with Crippen molar-refractivity contribution < 1.29 is 5.11 Å². The van der Waals surface area contributed by atoms with Gasteiger partial charge in [0.15, 0.2) is 5.82 Å². The molecule has 4 nitrogen and oxygen atoms in total. The van der Waals surface area contributed by atoms with Crippen molar-refractivity contribution in [3.05, 3.63) is 16.7 Å². The molecule has 0 atom stereocenters. The minimum atomic E-state index is 0.102. The molecule has 0 saturated carbocycles. The van der Waals surface area contributed by atoms with Crippen molar-refractivity contribution in [2.45, 2.75) is 6.92 Å². The summed E-state index contributed by atoms with van der Waals surface area (Å²) in [5.74, 6) is 0.727. The Hall–Kier alpha value is -0.810. The Kier molecular flexibility index (Phi) is 4.16. The summed E-state index contributed by atoms with van der Waals surface area (Å²) in [6.45, 7) is 3.43. The van der Waals surface area contributed by atoms with Gasteiger partial charge in [-0.15, -0.1) is 0 Å². The van der Waals surface area contributed by atoms with Crippen molar-refractivity contribution in [3.63, 3.8) is 0 Å². The average molecular weight is 260 g/mol. The standard InChI is InChI=1S/C9H14BrN3O/c1-2-13(3-4-14)9-8(11)5-7(10)6-12-9/h5-6,14H,2-4,11H2,1H3. The third-order valence-corrected chi connectivity index (χ3v) is 2.35. The summed E-state index contributed by atoms with van der Waals surface area (Å²) in [5, 5.41) is 8.86. The van der Waals surface area contributed by atoms with Gasteiger partial charge in [-0.1, -0.05) is 0 Å². The van der Waals surface area contributed by atoms with Crippen LogP contribution in [0, 0.1) is 0 Å². The van der Waals surface area contributed by atoms with Gasteiger partial charge in [0.25, 0.3) is 0 Å². The van der Waals surface area contributed by atoms with Crippen LogP contribution in [0.4, 0.5) is 11.5 Å². The number of aromatic nitrogens is 1. The normalized spacial score (nSPS) is 10.2. The maximum atomic E-state index is 8.86. The Morgan fingerprint density at radius 3 is 2.86 bits per heavy atom. The Morgan fingerprint density at radius 2 is 2.36 bits per heavy atom. The smallest absolute Gasteiger partial charge is 0.151 e. The molecule has 1 aromatic rings. The van der Waals surface area contributed by atoms with E-state index in [9.17, 15) is 0 Å². The summed E-state index contributed by atoms with van der Waals surface area (Å²) >= 11 is 3.30. The molecule has 3 N–H and O–H groups in total. The third kappa shape index (κ3) is 2.59. The zero-order chi connectivity index (χ0) is 10.6. The highest BCUT2D eigenvalue weighted by atomic mass is 79.9. The monoisotopic (exact) mass is 259 g/mol. The van der Waals surface area contributed by atoms with E-state index < -0.39 is 0 Å². The Labute approximate surface area is 91.9 Å². The largest absolute Gasteiger partial charge is 0.396 e. The molecule has 1 heterocycles. The predicted octanol–water partition coefficient (Wildman–Crippen LogP) is 1.24. The van der Waals surface area contributed by atoms with Crippen LogP contribution in [-0.4, -0.2) is 29.8 Å². The fourth-order valence-corrected chi connectivity index (χ4v) is 1.60. The summed E-state index contributed by atoms with van der Waals surface area (Å²) in [4.78, 5) is 6.14. The number of anilines is 2. The van der Waals surface area contributed by atoms with Crippen molar-refractivity contribution in [2.24, 2.45) is 0 Å². The molecule has 0 aliphatic rings. The van der Waals surface area contributed by atoms with E-state index in [1.54, 1.807) is 6.20 Å². The van der Waals surface area contributed by atoms with Crippen molar-refractivity contribution in [3.8, 4) is 0 Å². The van der Waals surface area contributed by atoms with E-state index >= 15 is 0 Å². The lowest BCUT2D eigenvalue weighted by Gasteiger charge is -2.22. The zero-order valence-corrected chi connectivity index (χ0v) is 9.66. The molecular formula is C9H14BrN3O. The molecule has 0 saturated heterocycles. The SMILES string of the molecule is CCN(CCO)c1ncc(Br)cc1N. The highest BCUT2D eigenvalue weighted by Crippen LogP contribution is 2.23. The van der Waals surface area contributed by atoms with Gasteiger partial charge in [0.1, 0.15) is 0 Å². The van der Waals surface area contributed by atoms with Crippen LogP contribution in [0.1, 0.15) is 6.92 Å². The van der Waals surface area contributed by atoms with Gasteiger partial charge in [-0.25, -0.2) is 4.98 Å². The average Bonchev–Trinajstić information content (AvgIpc) is 2.15. The molecule has 78 valence electrons. The van der Waals surface area contributed by atoms with E-state index in [1.807, 2.05) is 17.9 Å². The first kappa shape index (κ1) is 11.3. The number of likely N-dealkylation sites (N-methyl/N-ethyl adjacent to an activating group) is 1. The Bertz CT molecular complexity index is 306. The number of halogens is 1. The second-order valence-corrected chi connectivity index (χ2v) is 3.79. The molecule has 1 rings (SSSR count). The lowest BCUT2D eigenvalue weighted by Crippen LogP contribution is -2.27. The quantitative estimate of drug-likeness (QED) is 0.855. The zero-order valence-electron chi connectivity index (χ0n) is 8.07. The number of hydrogen-bond donors (Lipinski definition) is 2. The highest BCUT2D eigenvalue weighted by molar-refractivity contribution is 9.10. The second-order valence-electron chi connectivity index (χ2n) is 2.87. The summed E-state index contributed by atoms with van der Waals surface area (Å²) in [5.41, 5.74) is 6.43. The molecule has 0 radical (unpaired) electrons. The summed E-state index contributed by atoms with van der Waals surface area (Å²) in [7, 11) is 0. The van der Waals surface area contributed by atoms with Gasteiger partial charge in [0, 0.05) is 23.8 Å². The molecule has 14 heavy (non-hydrogen) atoms. The van der Waals surface area contributed by atoms with Gasteiger partial charge in [0.2, 0.25) is 0 Å². The highest BCUT2D eigenvalue weighted by Gasteiger charge is 2.08. The number of nitrogens with two attached hydrogens (primary N) is 1. The molecule has 0 unspecified atom stereocenters. The van der Waals surface area contributed by atoms with E-state index in [0.717, 1.165) is 16.8 Å². The van der Waals surface area contributed by atoms with Crippen molar-refractivity contribution >= 4 is 27.4 Å². The van der Waals surface area contributed by atoms with E-state index in [2.05, 4.69) is 20.9 Å². The molecular weight excluding hydrogens is 246 g/mol. The van der Waals surface area contributed by atoms with Crippen LogP contribution in [-0.2, 0) is 0 Å². The number of nitrogens with zero attached hydrogens (tertiary/aromatic N) is 2. The third-order valence-electron chi connectivity index (χ3n) is 1.91. The molecule has 5 heteroatoms. The van der Waals surface area contributed by atoms with Crippen LogP contribution in [0.5, 0.6) is 0 Å². The maximum absolute atomic E-state index is 8.86. The molecule has 0 aliphatic heterocycles. The first-order valence-corrected chi connectivity index (χ1v) is 5.25. The van der Waals surface area contributed by atoms with Crippen LogP contribution in [0.3, 0.4) is 0 Å². The molecule has 0 aromatic carbocycles. The number of aliphatic hydroxyl groups is 1. The van der Waals surface area contributed by atoms with Gasteiger partial charge in [0.05, 0.1) is 12.3 Å². The second kappa shape index (κ2) is 5.17. The minimum absolute atomic E-state index is 0.102. The number of pyridine rings is 1. The Morgan fingerprint density at radius 1 is 1.64 bits per heavy atom. The van der Waals surface area contributed by atoms with Crippen molar-refractivity contribution in [1.82, 2.24) is 4.98 Å². The van der Waals surface area contributed by atoms with Crippen molar-refractivity contribution in [2.75, 3.05) is 30.3 Å². The van der Waals surface area contributed by atoms with E-state index in [-0.39, 0.29) is 6.61 Å². The lowest BCUT2D eigenvalue weighted by atomic mass is 10.3. The van der Waals surface area contributed by atoms with Gasteiger partial charge in [-0.05, 0) is 28.9 Å². The van der Waals surface area contributed by atoms with E-state index in [4.69, 9.17) is 10.8 Å². The van der Waals surface area contributed by atoms with E-state index in [0.29, 0.717) is 12.2 Å². The fraction of sp³-hybridized carbons (Fsp3) is 0.444. The summed E-state index contributed by atoms with van der Waals surface area (Å²) in [6, 6.07) is 1.81. The van der Waals surface area contributed by atoms with Crippen LogP contribution in [0.15, 0.2) is 16.7 Å². The Balaban J connectivity index is 2.92. The van der Waals surface area contributed by atoms with Crippen LogP contribution in [0.2, 0.25) is 0 Å². The lowest BCUT2D eigenvalue weighted by molar-refractivity contribution is 0.302. The number of hydrogen-bond acceptors (Lipinski definition) is 4. The molecule has 0 aliphatic carbocycles. The van der Waals surface area contributed by atoms with Crippen LogP contribution >= 0.6 is 15.9 Å². The molecule has 0 spiro atoms. The van der Waals surface area contributed by atoms with Crippen LogP contribution < -0.4 is 10.6 Å². The van der Waals surface area contributed by atoms with Gasteiger partial charge >= 0.3 is 0 Å². The van der Waals surface area contributed by atoms with E-state index in [1.165, 1.54) is 0 Å². The maximum Gasteiger partial charge on any atom is 0.151 e. The van der Waals surface area contributed by atoms with Gasteiger partial charge in [-0.3, -0.25) is 0 Å². The number of aliphatic hydroxyl groups excluding tert-OH is 1. The number of rotatable bonds is 4.